The molecule has 0 unspecified atom stereocenters. The monoisotopic (exact) mass is 1070 g/mol. The number of anilines is 2. The Hall–Kier alpha value is -5.77. The molecule has 0 spiro atoms. The highest BCUT2D eigenvalue weighted by Gasteiger charge is 2.31. The summed E-state index contributed by atoms with van der Waals surface area (Å²) in [6, 6.07) is 16.6. The van der Waals surface area contributed by atoms with E-state index in [0.29, 0.717) is 69.4 Å². The standard InChI is InChI=1S/C22H20N2O5S2.C16H11ClN2O4S.C6H15N.C6H12O2S/c1-22(2,3)29-21(26)17-12-14-8-10-23(16-9-11-30-19(16)18(14)31-17)20(25)13-4-6-15(7-5-13)24(27)28;17-14-11(9-20)5-7-18(13-6-8-24-15(13)14)16(21)10-1-3-12(4-2-10)19(22)23;1-4-7(5-2)6-3;1-6(2,3)8-5(7)4-9/h4-7,9,11-12H,8,10H2,1-3H3;1-4,6,8-9H,5,7H2;4-6H2,1-3H3;9H,4H2,1-3H3. The fourth-order valence-corrected chi connectivity index (χ4v) is 10.4. The van der Waals surface area contributed by atoms with Crippen LogP contribution in [0.2, 0.25) is 0 Å². The number of carbonyl (C=O) groups is 5. The van der Waals surface area contributed by atoms with Crippen LogP contribution in [-0.4, -0.2) is 94.5 Å². The van der Waals surface area contributed by atoms with Crippen molar-refractivity contribution in [2.75, 3.05) is 48.3 Å². The number of thiol groups is 1. The maximum Gasteiger partial charge on any atom is 0.348 e. The van der Waals surface area contributed by atoms with Gasteiger partial charge in [-0.05, 0) is 133 Å². The number of carbonyl (C=O) groups excluding carboxylic acids is 5. The van der Waals surface area contributed by atoms with Crippen LogP contribution in [0.5, 0.6) is 0 Å². The van der Waals surface area contributed by atoms with Gasteiger partial charge >= 0.3 is 11.9 Å². The number of nitro benzene ring substituents is 2. The lowest BCUT2D eigenvalue weighted by Gasteiger charge is -2.21. The van der Waals surface area contributed by atoms with Gasteiger partial charge in [-0.15, -0.1) is 34.0 Å². The molecular weight excluding hydrogens is 1010 g/mol. The first-order valence-electron chi connectivity index (χ1n) is 22.5. The molecule has 0 N–H and O–H groups in total. The Morgan fingerprint density at radius 1 is 0.718 bits per heavy atom. The van der Waals surface area contributed by atoms with E-state index in [1.807, 2.05) is 59.1 Å². The second-order valence-electron chi connectivity index (χ2n) is 17.6. The smallest absolute Gasteiger partial charge is 0.348 e. The molecule has 0 bridgehead atoms. The van der Waals surface area contributed by atoms with Crippen LogP contribution in [0.3, 0.4) is 0 Å². The highest BCUT2D eigenvalue weighted by molar-refractivity contribution is 7.81. The van der Waals surface area contributed by atoms with Gasteiger partial charge in [0, 0.05) is 54.1 Å². The van der Waals surface area contributed by atoms with Gasteiger partial charge in [0.05, 0.1) is 46.6 Å². The minimum atomic E-state index is -0.569. The summed E-state index contributed by atoms with van der Waals surface area (Å²) in [7, 11) is 0. The van der Waals surface area contributed by atoms with Crippen LogP contribution in [-0.2, 0) is 25.5 Å². The zero-order valence-corrected chi connectivity index (χ0v) is 45.1. The summed E-state index contributed by atoms with van der Waals surface area (Å²) in [5, 5.41) is 25.7. The van der Waals surface area contributed by atoms with Crippen molar-refractivity contribution in [3.05, 3.63) is 130 Å². The number of thiophene rings is 3. The van der Waals surface area contributed by atoms with E-state index in [0.717, 1.165) is 21.0 Å². The van der Waals surface area contributed by atoms with Crippen molar-refractivity contribution < 1.29 is 43.3 Å². The van der Waals surface area contributed by atoms with Crippen LogP contribution >= 0.6 is 58.2 Å². The third kappa shape index (κ3) is 16.1. The minimum Gasteiger partial charge on any atom is -0.459 e. The van der Waals surface area contributed by atoms with Crippen molar-refractivity contribution in [3.8, 4) is 9.75 Å². The lowest BCUT2D eigenvalue weighted by atomic mass is 10.1. The Morgan fingerprint density at radius 2 is 1.17 bits per heavy atom. The number of esters is 2. The summed E-state index contributed by atoms with van der Waals surface area (Å²) in [6.45, 7) is 21.9. The van der Waals surface area contributed by atoms with Crippen LogP contribution in [0.1, 0.15) is 110 Å². The third-order valence-electron chi connectivity index (χ3n) is 10.4. The molecule has 0 saturated heterocycles. The summed E-state index contributed by atoms with van der Waals surface area (Å²) < 4.78 is 10.4. The van der Waals surface area contributed by atoms with Gasteiger partial charge in [0.25, 0.3) is 23.2 Å². The van der Waals surface area contributed by atoms with Gasteiger partial charge in [0.1, 0.15) is 22.4 Å². The Balaban J connectivity index is 0.000000241. The molecule has 5 aromatic rings. The highest BCUT2D eigenvalue weighted by Crippen LogP contribution is 2.46. The minimum absolute atomic E-state index is 0.0551. The fraction of sp³-hybridized carbons (Fsp3) is 0.380. The number of aldehydes is 1. The Bertz CT molecular complexity index is 2710. The number of non-ortho nitro benzene ring substituents is 2. The van der Waals surface area contributed by atoms with Gasteiger partial charge < -0.3 is 24.2 Å². The van der Waals surface area contributed by atoms with Gasteiger partial charge in [0.15, 0.2) is 0 Å². The molecule has 0 saturated carbocycles. The highest BCUT2D eigenvalue weighted by atomic mass is 35.5. The topological polar surface area (TPSA) is 200 Å². The number of ether oxygens (including phenoxy) is 2. The Labute approximate surface area is 435 Å². The third-order valence-corrected chi connectivity index (χ3v) is 14.3. The average molecular weight is 1070 g/mol. The molecule has 2 amide bonds. The summed E-state index contributed by atoms with van der Waals surface area (Å²) >= 11 is 14.3. The van der Waals surface area contributed by atoms with Crippen molar-refractivity contribution in [2.45, 2.75) is 86.4 Å². The van der Waals surface area contributed by atoms with Crippen molar-refractivity contribution in [2.24, 2.45) is 0 Å². The maximum atomic E-state index is 13.2. The van der Waals surface area contributed by atoms with E-state index in [1.165, 1.54) is 102 Å². The molecule has 0 aliphatic carbocycles. The lowest BCUT2D eigenvalue weighted by molar-refractivity contribution is -0.385. The molecule has 0 atom stereocenters. The van der Waals surface area contributed by atoms with Crippen molar-refractivity contribution in [3.63, 3.8) is 0 Å². The first-order valence-corrected chi connectivity index (χ1v) is 26.1. The molecule has 7 rings (SSSR count). The SMILES string of the molecule is CC(C)(C)OC(=O)CS.CC(C)(C)OC(=O)c1cc2c(s1)-c1sccc1N(C(=O)c1ccc([N+](=O)[O-])cc1)CC2.CCN(CC)CC.O=CC1=C(Cl)c2sccc2N(C(=O)c2ccc([N+](=O)[O-])cc2)CC1. The van der Waals surface area contributed by atoms with Gasteiger partial charge in [-0.1, -0.05) is 32.4 Å². The molecule has 2 aliphatic heterocycles. The predicted molar refractivity (Wildman–Crippen MR) is 287 cm³/mol. The predicted octanol–water partition coefficient (Wildman–Crippen LogP) is 12.0. The van der Waals surface area contributed by atoms with E-state index in [9.17, 15) is 44.2 Å². The normalized spacial score (nSPS) is 13.0. The molecule has 2 aliphatic rings. The van der Waals surface area contributed by atoms with Crippen molar-refractivity contribution >= 4 is 116 Å². The summed E-state index contributed by atoms with van der Waals surface area (Å²) in [5.74, 6) is -0.969. The first-order chi connectivity index (χ1) is 33.5. The van der Waals surface area contributed by atoms with Gasteiger partial charge in [-0.25, -0.2) is 4.79 Å². The van der Waals surface area contributed by atoms with Crippen LogP contribution in [0.4, 0.5) is 22.7 Å². The lowest BCUT2D eigenvalue weighted by Crippen LogP contribution is -2.32. The van der Waals surface area contributed by atoms with Crippen LogP contribution in [0, 0.1) is 20.2 Å². The van der Waals surface area contributed by atoms with E-state index in [2.05, 4.69) is 38.3 Å². The number of rotatable bonds is 10. The van der Waals surface area contributed by atoms with E-state index >= 15 is 0 Å². The summed E-state index contributed by atoms with van der Waals surface area (Å²) in [5.41, 5.74) is 2.54. The summed E-state index contributed by atoms with van der Waals surface area (Å²) in [4.78, 5) is 89.6. The average Bonchev–Trinajstić information content (AvgIpc) is 4.08. The molecule has 21 heteroatoms. The van der Waals surface area contributed by atoms with Crippen LogP contribution < -0.4 is 9.80 Å². The molecule has 0 fully saturated rings. The molecule has 3 aromatic heterocycles. The molecule has 380 valence electrons. The van der Waals surface area contributed by atoms with Gasteiger partial charge in [0.2, 0.25) is 0 Å². The zero-order valence-electron chi connectivity index (χ0n) is 41.0. The quantitative estimate of drug-likeness (QED) is 0.0457. The van der Waals surface area contributed by atoms with Crippen LogP contribution in [0.15, 0.2) is 83.1 Å². The molecular formula is C50H58ClN5O11S4. The number of fused-ring (bicyclic) bond motifs is 4. The zero-order chi connectivity index (χ0) is 52.8. The van der Waals surface area contributed by atoms with Crippen LogP contribution in [0.25, 0.3) is 14.8 Å². The molecule has 71 heavy (non-hydrogen) atoms. The number of nitro groups is 2. The van der Waals surface area contributed by atoms with Crippen molar-refractivity contribution in [1.29, 1.82) is 0 Å². The fourth-order valence-electron chi connectivity index (χ4n) is 6.90. The van der Waals surface area contributed by atoms with E-state index in [-0.39, 0.29) is 46.5 Å². The number of halogens is 1. The molecule has 16 nitrogen and oxygen atoms in total. The second kappa shape index (κ2) is 26.1. The first kappa shape index (κ1) is 57.8. The number of hydrogen-bond donors (Lipinski definition) is 1. The molecule has 5 heterocycles. The second-order valence-corrected chi connectivity index (χ2v) is 21.2. The van der Waals surface area contributed by atoms with E-state index in [1.54, 1.807) is 21.2 Å². The Morgan fingerprint density at radius 3 is 1.56 bits per heavy atom. The number of hydrogen-bond acceptors (Lipinski definition) is 16. The van der Waals surface area contributed by atoms with Gasteiger partial charge in [-0.3, -0.25) is 39.4 Å². The maximum absolute atomic E-state index is 13.2. The number of amides is 2. The molecule has 2 aromatic carbocycles. The van der Waals surface area contributed by atoms with E-state index in [4.69, 9.17) is 21.1 Å². The number of nitrogens with zero attached hydrogens (tertiary/aromatic N) is 5. The summed E-state index contributed by atoms with van der Waals surface area (Å²) in [6.07, 6.45) is 1.66. The Kier molecular flexibility index (Phi) is 21.2. The van der Waals surface area contributed by atoms with Crippen molar-refractivity contribution in [1.82, 2.24) is 4.90 Å². The number of benzene rings is 2. The molecule has 0 radical (unpaired) electrons. The van der Waals surface area contributed by atoms with E-state index < -0.39 is 15.4 Å². The largest absolute Gasteiger partial charge is 0.459 e. The van der Waals surface area contributed by atoms with Gasteiger partial charge in [-0.2, -0.15) is 12.6 Å².